The first-order valence-electron chi connectivity index (χ1n) is 13.2. The Morgan fingerprint density at radius 1 is 0.973 bits per heavy atom. The van der Waals surface area contributed by atoms with Gasteiger partial charge >= 0.3 is 12.1 Å². The van der Waals surface area contributed by atoms with Crippen molar-refractivity contribution in [3.05, 3.63) is 41.5 Å². The summed E-state index contributed by atoms with van der Waals surface area (Å²) in [6.45, 7) is -0.738. The molecular weight excluding hydrogens is 488 g/mol. The summed E-state index contributed by atoms with van der Waals surface area (Å²) in [4.78, 5) is 27.0. The van der Waals surface area contributed by atoms with E-state index in [1.54, 1.807) is 24.3 Å². The Hall–Kier alpha value is -2.84. The standard InChI is InChI=1S/C28H32F4N2O3/c29-15-24-23-10-4-17(26(35)34-21-2-1-3-22(34)14-18(13-21)27(36)37)12-16(23)5-11-25(24)33-20-8-6-19(7-9-20)28(30,31)32/h4-5,10-12,18-22,33H,1-3,6-9,13-15H2,(H,36,37)/t18?,19-,20+,21?,22?. The highest BCUT2D eigenvalue weighted by Gasteiger charge is 2.43. The number of rotatable bonds is 5. The smallest absolute Gasteiger partial charge is 0.391 e. The number of nitrogens with one attached hydrogen (secondary N) is 1. The van der Waals surface area contributed by atoms with Crippen molar-refractivity contribution >= 4 is 28.3 Å². The monoisotopic (exact) mass is 520 g/mol. The van der Waals surface area contributed by atoms with Gasteiger partial charge in [0.2, 0.25) is 0 Å². The average Bonchev–Trinajstić information content (AvgIpc) is 2.86. The van der Waals surface area contributed by atoms with Crippen LogP contribution in [-0.2, 0) is 11.5 Å². The van der Waals surface area contributed by atoms with Crippen molar-refractivity contribution in [2.24, 2.45) is 11.8 Å². The van der Waals surface area contributed by atoms with Gasteiger partial charge in [0.05, 0.1) is 11.8 Å². The topological polar surface area (TPSA) is 69.6 Å². The predicted octanol–water partition coefficient (Wildman–Crippen LogP) is 6.70. The van der Waals surface area contributed by atoms with Gasteiger partial charge in [0.1, 0.15) is 6.67 Å². The molecule has 5 rings (SSSR count). The average molecular weight is 521 g/mol. The molecule has 2 aromatic rings. The lowest BCUT2D eigenvalue weighted by Crippen LogP contribution is -2.55. The first kappa shape index (κ1) is 25.8. The van der Waals surface area contributed by atoms with E-state index in [2.05, 4.69) is 5.32 Å². The highest BCUT2D eigenvalue weighted by Crippen LogP contribution is 2.40. The van der Waals surface area contributed by atoms with Crippen LogP contribution in [0.4, 0.5) is 23.2 Å². The number of carboxylic acids is 1. The Morgan fingerprint density at radius 2 is 1.65 bits per heavy atom. The number of halogens is 4. The molecule has 1 aliphatic carbocycles. The Morgan fingerprint density at radius 3 is 2.24 bits per heavy atom. The molecule has 2 atom stereocenters. The first-order chi connectivity index (χ1) is 17.7. The van der Waals surface area contributed by atoms with Gasteiger partial charge in [0.15, 0.2) is 0 Å². The van der Waals surface area contributed by atoms with E-state index in [1.807, 2.05) is 11.0 Å². The number of hydrogen-bond donors (Lipinski definition) is 2. The molecule has 5 nitrogen and oxygen atoms in total. The number of benzene rings is 2. The van der Waals surface area contributed by atoms with Gasteiger partial charge in [-0.1, -0.05) is 12.1 Å². The molecule has 3 aliphatic rings. The fourth-order valence-corrected chi connectivity index (χ4v) is 6.66. The summed E-state index contributed by atoms with van der Waals surface area (Å²) in [5, 5.41) is 14.1. The van der Waals surface area contributed by atoms with Gasteiger partial charge in [-0.15, -0.1) is 0 Å². The van der Waals surface area contributed by atoms with Crippen molar-refractivity contribution in [3.63, 3.8) is 0 Å². The molecule has 2 aromatic carbocycles. The molecular formula is C28H32F4N2O3. The highest BCUT2D eigenvalue weighted by atomic mass is 19.4. The Balaban J connectivity index is 1.34. The van der Waals surface area contributed by atoms with Gasteiger partial charge in [0, 0.05) is 34.9 Å². The minimum absolute atomic E-state index is 0.0663. The number of piperidine rings is 2. The zero-order valence-electron chi connectivity index (χ0n) is 20.6. The summed E-state index contributed by atoms with van der Waals surface area (Å²) in [7, 11) is 0. The fraction of sp³-hybridized carbons (Fsp3) is 0.571. The van der Waals surface area contributed by atoms with Crippen molar-refractivity contribution < 1.29 is 32.3 Å². The Bertz CT molecular complexity index is 1160. The number of hydrogen-bond acceptors (Lipinski definition) is 3. The number of nitrogens with zero attached hydrogens (tertiary/aromatic N) is 1. The van der Waals surface area contributed by atoms with E-state index < -0.39 is 30.7 Å². The van der Waals surface area contributed by atoms with Gasteiger partial charge in [-0.3, -0.25) is 9.59 Å². The molecule has 0 aromatic heterocycles. The number of fused-ring (bicyclic) bond motifs is 3. The molecule has 200 valence electrons. The second kappa shape index (κ2) is 10.1. The second-order valence-electron chi connectivity index (χ2n) is 10.9. The molecule has 1 saturated carbocycles. The molecule has 9 heteroatoms. The summed E-state index contributed by atoms with van der Waals surface area (Å²) in [6, 6.07) is 8.43. The molecule has 2 heterocycles. The third kappa shape index (κ3) is 5.14. The van der Waals surface area contributed by atoms with Crippen LogP contribution in [0.25, 0.3) is 10.8 Å². The van der Waals surface area contributed by atoms with E-state index in [9.17, 15) is 32.3 Å². The number of amides is 1. The lowest BCUT2D eigenvalue weighted by Gasteiger charge is -2.48. The van der Waals surface area contributed by atoms with Gasteiger partial charge in [0.25, 0.3) is 5.91 Å². The Kier molecular flexibility index (Phi) is 7.07. The zero-order valence-corrected chi connectivity index (χ0v) is 20.6. The summed E-state index contributed by atoms with van der Waals surface area (Å²) < 4.78 is 53.2. The molecule has 3 fully saturated rings. The maximum atomic E-state index is 14.2. The van der Waals surface area contributed by atoms with Crippen molar-refractivity contribution in [3.8, 4) is 0 Å². The quantitative estimate of drug-likeness (QED) is 0.431. The van der Waals surface area contributed by atoms with E-state index in [0.717, 1.165) is 24.6 Å². The Labute approximate surface area is 213 Å². The van der Waals surface area contributed by atoms with Gasteiger partial charge in [-0.25, -0.2) is 4.39 Å². The number of carbonyl (C=O) groups excluding carboxylic acids is 1. The molecule has 2 bridgehead atoms. The van der Waals surface area contributed by atoms with E-state index >= 15 is 0 Å². The highest BCUT2D eigenvalue weighted by molar-refractivity contribution is 6.00. The van der Waals surface area contributed by atoms with Crippen molar-refractivity contribution in [1.82, 2.24) is 4.90 Å². The molecule has 2 unspecified atom stereocenters. The first-order valence-corrected chi connectivity index (χ1v) is 13.2. The van der Waals surface area contributed by atoms with Crippen LogP contribution in [-0.4, -0.2) is 46.2 Å². The number of carboxylic acid groups (broad SMARTS) is 1. The van der Waals surface area contributed by atoms with Gasteiger partial charge in [-0.05, 0) is 86.8 Å². The predicted molar refractivity (Wildman–Crippen MR) is 132 cm³/mol. The number of carbonyl (C=O) groups is 2. The maximum absolute atomic E-state index is 14.2. The minimum Gasteiger partial charge on any atom is -0.481 e. The largest absolute Gasteiger partial charge is 0.481 e. The van der Waals surface area contributed by atoms with Crippen molar-refractivity contribution in [2.75, 3.05) is 5.32 Å². The summed E-state index contributed by atoms with van der Waals surface area (Å²) in [5.41, 5.74) is 1.51. The molecule has 1 amide bonds. The molecule has 2 saturated heterocycles. The van der Waals surface area contributed by atoms with E-state index in [0.29, 0.717) is 47.9 Å². The number of alkyl halides is 4. The van der Waals surface area contributed by atoms with E-state index in [4.69, 9.17) is 0 Å². The van der Waals surface area contributed by atoms with Gasteiger partial charge in [-0.2, -0.15) is 13.2 Å². The minimum atomic E-state index is -4.17. The van der Waals surface area contributed by atoms with Crippen molar-refractivity contribution in [2.45, 2.75) is 88.8 Å². The van der Waals surface area contributed by atoms with Crippen LogP contribution >= 0.6 is 0 Å². The van der Waals surface area contributed by atoms with Crippen LogP contribution in [0.5, 0.6) is 0 Å². The molecule has 0 spiro atoms. The van der Waals surface area contributed by atoms with Crippen LogP contribution < -0.4 is 5.32 Å². The summed E-state index contributed by atoms with van der Waals surface area (Å²) in [6.07, 6.45) is 0.234. The normalized spacial score (nSPS) is 28.2. The third-order valence-electron chi connectivity index (χ3n) is 8.62. The molecule has 2 N–H and O–H groups in total. The lowest BCUT2D eigenvalue weighted by molar-refractivity contribution is -0.182. The molecule has 0 radical (unpaired) electrons. The summed E-state index contributed by atoms with van der Waals surface area (Å²) in [5.74, 6) is -2.61. The van der Waals surface area contributed by atoms with Crippen LogP contribution in [0, 0.1) is 11.8 Å². The number of aliphatic carboxylic acids is 1. The van der Waals surface area contributed by atoms with Crippen molar-refractivity contribution in [1.29, 1.82) is 0 Å². The van der Waals surface area contributed by atoms with Crippen LogP contribution in [0.15, 0.2) is 30.3 Å². The lowest BCUT2D eigenvalue weighted by atomic mass is 9.78. The summed E-state index contributed by atoms with van der Waals surface area (Å²) >= 11 is 0. The van der Waals surface area contributed by atoms with Gasteiger partial charge < -0.3 is 15.3 Å². The zero-order chi connectivity index (χ0) is 26.3. The maximum Gasteiger partial charge on any atom is 0.391 e. The number of anilines is 1. The molecule has 37 heavy (non-hydrogen) atoms. The van der Waals surface area contributed by atoms with E-state index in [1.165, 1.54) is 0 Å². The fourth-order valence-electron chi connectivity index (χ4n) is 6.66. The third-order valence-corrected chi connectivity index (χ3v) is 8.62. The molecule has 2 aliphatic heterocycles. The van der Waals surface area contributed by atoms with Crippen LogP contribution in [0.3, 0.4) is 0 Å². The van der Waals surface area contributed by atoms with Crippen LogP contribution in [0.2, 0.25) is 0 Å². The van der Waals surface area contributed by atoms with Crippen LogP contribution in [0.1, 0.15) is 73.7 Å². The SMILES string of the molecule is O=C(O)C1CC2CCCC(C1)N2C(=O)c1ccc2c(CF)c(N[C@H]3CC[C@@H](C(F)(F)F)CC3)ccc2c1. The second-order valence-corrected chi connectivity index (χ2v) is 10.9. The van der Waals surface area contributed by atoms with E-state index in [-0.39, 0.29) is 36.9 Å².